The van der Waals surface area contributed by atoms with Crippen molar-refractivity contribution in [2.24, 2.45) is 0 Å². The van der Waals surface area contributed by atoms with Crippen molar-refractivity contribution in [3.63, 3.8) is 0 Å². The van der Waals surface area contributed by atoms with Gasteiger partial charge in [-0.2, -0.15) is 101 Å². The van der Waals surface area contributed by atoms with E-state index in [4.69, 9.17) is 10.2 Å². The lowest BCUT2D eigenvalue weighted by Gasteiger charge is -2.46. The van der Waals surface area contributed by atoms with Gasteiger partial charge in [0.1, 0.15) is 0 Å². The fourth-order valence-electron chi connectivity index (χ4n) is 2.75. The Balaban J connectivity index is 7.29. The second kappa shape index (κ2) is 10.7. The van der Waals surface area contributed by atoms with Crippen LogP contribution in [-0.4, -0.2) is 87.6 Å². The highest BCUT2D eigenvalue weighted by molar-refractivity contribution is 5.20. The normalized spacial score (nSPS) is 17.4. The molecule has 0 heterocycles. The Kier molecular flexibility index (Phi) is 10.2. The van der Waals surface area contributed by atoms with E-state index >= 15 is 0 Å². The monoisotopic (exact) mass is 704 g/mol. The fourth-order valence-corrected chi connectivity index (χ4v) is 2.75. The van der Waals surface area contributed by atoms with Crippen LogP contribution in [-0.2, 0) is 0 Å². The molecule has 43 heavy (non-hydrogen) atoms. The third-order valence-electron chi connectivity index (χ3n) is 5.57. The average Bonchev–Trinajstić information content (AvgIpc) is 2.80. The Hall–Kier alpha value is -1.76. The standard InChI is InChI=1S/C17H12F24O2/c1-2-3-4-5(18)6(19,20)7(21,22)8(23,24)9(25,26)10(27,28)11(29,30)12(31,32)13(33,34)14(35,36)15(37,38)16(39,40)17(41,42)43/h5,42-43H,2-4H2,1H3. The Morgan fingerprint density at radius 1 is 0.395 bits per heavy atom. The van der Waals surface area contributed by atoms with Crippen LogP contribution in [0.1, 0.15) is 26.2 Å². The molecule has 26 heteroatoms. The zero-order chi connectivity index (χ0) is 35.7. The Labute approximate surface area is 220 Å². The Morgan fingerprint density at radius 3 is 0.814 bits per heavy atom. The van der Waals surface area contributed by atoms with Gasteiger partial charge in [-0.1, -0.05) is 19.8 Å². The highest BCUT2D eigenvalue weighted by Crippen LogP contribution is 2.67. The fraction of sp³-hybridized carbons (Fsp3) is 1.00. The van der Waals surface area contributed by atoms with Crippen LogP contribution in [0.4, 0.5) is 105 Å². The van der Waals surface area contributed by atoms with Crippen LogP contribution in [0.3, 0.4) is 0 Å². The third kappa shape index (κ3) is 5.12. The molecular weight excluding hydrogens is 692 g/mol. The van der Waals surface area contributed by atoms with E-state index in [0.29, 0.717) is 0 Å². The molecule has 0 aromatic heterocycles. The van der Waals surface area contributed by atoms with Gasteiger partial charge in [0.2, 0.25) is 0 Å². The number of hydrogen-bond donors (Lipinski definition) is 2. The lowest BCUT2D eigenvalue weighted by atomic mass is 9.84. The van der Waals surface area contributed by atoms with Crippen molar-refractivity contribution >= 4 is 0 Å². The van der Waals surface area contributed by atoms with E-state index in [9.17, 15) is 105 Å². The van der Waals surface area contributed by atoms with Gasteiger partial charge in [0.05, 0.1) is 0 Å². The molecule has 1 atom stereocenters. The van der Waals surface area contributed by atoms with Crippen molar-refractivity contribution < 1.29 is 116 Å². The lowest BCUT2D eigenvalue weighted by molar-refractivity contribution is -0.491. The van der Waals surface area contributed by atoms with Gasteiger partial charge in [0, 0.05) is 0 Å². The molecule has 0 rings (SSSR count). The minimum atomic E-state index is -9.57. The molecule has 2 N–H and O–H groups in total. The van der Waals surface area contributed by atoms with Gasteiger partial charge in [-0.3, -0.25) is 0 Å². The van der Waals surface area contributed by atoms with Gasteiger partial charge in [0.25, 0.3) is 0 Å². The molecule has 1 unspecified atom stereocenters. The summed E-state index contributed by atoms with van der Waals surface area (Å²) < 4.78 is 324. The minimum absolute atomic E-state index is 0.458. The van der Waals surface area contributed by atoms with Crippen LogP contribution in [0, 0.1) is 0 Å². The van der Waals surface area contributed by atoms with E-state index < -0.39 is 96.6 Å². The first kappa shape index (κ1) is 41.2. The number of aliphatic hydroxyl groups is 2. The molecule has 0 amide bonds. The SMILES string of the molecule is CCCCC(F)C(F)(F)C(F)(F)C(F)(F)C(F)(F)C(F)(F)C(F)(F)C(F)(F)C(F)(F)C(F)(F)C(F)(F)C(F)(F)C(O)(O)F. The van der Waals surface area contributed by atoms with Crippen LogP contribution in [0.25, 0.3) is 0 Å². The summed E-state index contributed by atoms with van der Waals surface area (Å²) in [5.41, 5.74) is 0. The molecule has 0 fully saturated rings. The van der Waals surface area contributed by atoms with E-state index in [1.165, 1.54) is 0 Å². The molecule has 0 saturated carbocycles. The smallest absolute Gasteiger partial charge is 0.335 e. The zero-order valence-corrected chi connectivity index (χ0v) is 19.7. The maximum Gasteiger partial charge on any atom is 0.400 e. The van der Waals surface area contributed by atoms with Gasteiger partial charge in [-0.25, -0.2) is 4.39 Å². The second-order valence-electron chi connectivity index (χ2n) is 8.56. The minimum Gasteiger partial charge on any atom is -0.335 e. The highest BCUT2D eigenvalue weighted by Gasteiger charge is 2.99. The summed E-state index contributed by atoms with van der Waals surface area (Å²) in [7, 11) is 0. The summed E-state index contributed by atoms with van der Waals surface area (Å²) in [6.07, 6.45) is -8.18. The van der Waals surface area contributed by atoms with E-state index in [-0.39, 0.29) is 0 Å². The highest BCUT2D eigenvalue weighted by atomic mass is 19.4. The topological polar surface area (TPSA) is 40.5 Å². The summed E-state index contributed by atoms with van der Waals surface area (Å²) in [4.78, 5) is 0. The predicted molar refractivity (Wildman–Crippen MR) is 87.1 cm³/mol. The molecule has 0 bridgehead atoms. The van der Waals surface area contributed by atoms with Crippen molar-refractivity contribution in [1.29, 1.82) is 0 Å². The Morgan fingerprint density at radius 2 is 0.605 bits per heavy atom. The molecular formula is C17H12F24O2. The van der Waals surface area contributed by atoms with Crippen LogP contribution < -0.4 is 0 Å². The maximum atomic E-state index is 13.7. The summed E-state index contributed by atoms with van der Waals surface area (Å²) in [5, 5.41) is 15.4. The largest absolute Gasteiger partial charge is 0.400 e. The number of unbranched alkanes of at least 4 members (excludes halogenated alkanes) is 1. The van der Waals surface area contributed by atoms with Crippen molar-refractivity contribution in [3.05, 3.63) is 0 Å². The quantitative estimate of drug-likeness (QED) is 0.134. The molecule has 0 aliphatic rings. The summed E-state index contributed by atoms with van der Waals surface area (Å²) in [6.45, 7) is 0.965. The molecule has 0 saturated heterocycles. The van der Waals surface area contributed by atoms with Crippen molar-refractivity contribution in [1.82, 2.24) is 0 Å². The predicted octanol–water partition coefficient (Wildman–Crippen LogP) is 8.11. The molecule has 2 nitrogen and oxygen atoms in total. The first-order chi connectivity index (χ1) is 18.2. The van der Waals surface area contributed by atoms with Gasteiger partial charge in [-0.05, 0) is 6.42 Å². The first-order valence-corrected chi connectivity index (χ1v) is 10.2. The zero-order valence-electron chi connectivity index (χ0n) is 19.7. The van der Waals surface area contributed by atoms with E-state index in [1.54, 1.807) is 0 Å². The summed E-state index contributed by atoms with van der Waals surface area (Å²) in [6, 6.07) is -7.19. The number of hydrogen-bond acceptors (Lipinski definition) is 2. The van der Waals surface area contributed by atoms with Crippen LogP contribution in [0.15, 0.2) is 0 Å². The molecule has 0 radical (unpaired) electrons. The number of halogens is 24. The molecule has 0 aromatic rings. The van der Waals surface area contributed by atoms with Crippen molar-refractivity contribution in [3.8, 4) is 0 Å². The summed E-state index contributed by atoms with van der Waals surface area (Å²) in [5.74, 6) is -98.3. The van der Waals surface area contributed by atoms with Gasteiger partial charge in [-0.15, -0.1) is 0 Å². The van der Waals surface area contributed by atoms with Crippen LogP contribution in [0.5, 0.6) is 0 Å². The Bertz CT molecular complexity index is 979. The van der Waals surface area contributed by atoms with Crippen molar-refractivity contribution in [2.75, 3.05) is 0 Å². The van der Waals surface area contributed by atoms with Gasteiger partial charge < -0.3 is 10.2 Å². The second-order valence-corrected chi connectivity index (χ2v) is 8.56. The first-order valence-electron chi connectivity index (χ1n) is 10.2. The molecule has 260 valence electrons. The maximum absolute atomic E-state index is 13.7. The van der Waals surface area contributed by atoms with Crippen molar-refractivity contribution in [2.45, 2.75) is 104 Å². The summed E-state index contributed by atoms with van der Waals surface area (Å²) >= 11 is 0. The van der Waals surface area contributed by atoms with E-state index in [0.717, 1.165) is 6.92 Å². The van der Waals surface area contributed by atoms with Gasteiger partial charge in [0.15, 0.2) is 6.17 Å². The van der Waals surface area contributed by atoms with Crippen LogP contribution >= 0.6 is 0 Å². The number of alkyl halides is 24. The molecule has 0 aromatic carbocycles. The van der Waals surface area contributed by atoms with E-state index in [1.807, 2.05) is 0 Å². The third-order valence-corrected chi connectivity index (χ3v) is 5.57. The lowest BCUT2D eigenvalue weighted by Crippen LogP contribution is -2.78. The van der Waals surface area contributed by atoms with Gasteiger partial charge >= 0.3 is 71.2 Å². The molecule has 0 aliphatic heterocycles. The van der Waals surface area contributed by atoms with E-state index in [2.05, 4.69) is 0 Å². The molecule has 0 spiro atoms. The number of rotatable bonds is 15. The average molecular weight is 704 g/mol. The molecule has 0 aliphatic carbocycles. The van der Waals surface area contributed by atoms with Crippen LogP contribution in [0.2, 0.25) is 0 Å².